The van der Waals surface area contributed by atoms with Crippen molar-refractivity contribution >= 4 is 21.3 Å². The topological polar surface area (TPSA) is 138 Å². The van der Waals surface area contributed by atoms with Crippen LogP contribution < -0.4 is 0 Å². The zero-order valence-electron chi connectivity index (χ0n) is 14.3. The molecule has 2 heterocycles. The molecule has 0 bridgehead atoms. The SMILES string of the molecule is O=S(=O)(O)c1ccccc1C(=C(c1ccccc1)c1cn[nH]n1)c1cn[nH]n1. The molecule has 0 aliphatic heterocycles. The summed E-state index contributed by atoms with van der Waals surface area (Å²) in [6, 6.07) is 15.4. The highest BCUT2D eigenvalue weighted by Crippen LogP contribution is 2.37. The molecular weight excluding hydrogens is 380 g/mol. The van der Waals surface area contributed by atoms with E-state index in [4.69, 9.17) is 0 Å². The fraction of sp³-hybridized carbons (Fsp3) is 0. The van der Waals surface area contributed by atoms with Gasteiger partial charge in [0.15, 0.2) is 0 Å². The van der Waals surface area contributed by atoms with E-state index in [0.29, 0.717) is 22.5 Å². The van der Waals surface area contributed by atoms with E-state index in [9.17, 15) is 13.0 Å². The molecule has 4 rings (SSSR count). The number of rotatable bonds is 5. The molecule has 2 aromatic carbocycles. The average Bonchev–Trinajstić information content (AvgIpc) is 3.40. The number of hydrogen-bond acceptors (Lipinski definition) is 6. The molecule has 0 radical (unpaired) electrons. The number of hydrogen-bond donors (Lipinski definition) is 3. The van der Waals surface area contributed by atoms with E-state index in [1.807, 2.05) is 30.3 Å². The van der Waals surface area contributed by atoms with Crippen LogP contribution in [-0.2, 0) is 10.1 Å². The molecule has 0 spiro atoms. The van der Waals surface area contributed by atoms with Crippen LogP contribution in [0.25, 0.3) is 11.1 Å². The highest BCUT2D eigenvalue weighted by molar-refractivity contribution is 7.86. The van der Waals surface area contributed by atoms with E-state index in [1.54, 1.807) is 12.1 Å². The van der Waals surface area contributed by atoms with Gasteiger partial charge in [0.05, 0.1) is 12.4 Å². The van der Waals surface area contributed by atoms with Gasteiger partial charge < -0.3 is 0 Å². The van der Waals surface area contributed by atoms with Gasteiger partial charge in [-0.3, -0.25) is 4.55 Å². The molecule has 0 saturated heterocycles. The normalized spacial score (nSPS) is 12.6. The summed E-state index contributed by atoms with van der Waals surface area (Å²) in [5, 5.41) is 21.2. The van der Waals surface area contributed by atoms with Gasteiger partial charge in [-0.1, -0.05) is 48.5 Å². The maximum Gasteiger partial charge on any atom is 0.295 e. The Bertz CT molecular complexity index is 1220. The van der Waals surface area contributed by atoms with Gasteiger partial charge in [-0.2, -0.15) is 39.2 Å². The van der Waals surface area contributed by atoms with Crippen LogP contribution in [0.2, 0.25) is 0 Å². The second-order valence-electron chi connectivity index (χ2n) is 5.80. The smallest absolute Gasteiger partial charge is 0.282 e. The minimum Gasteiger partial charge on any atom is -0.282 e. The van der Waals surface area contributed by atoms with Crippen LogP contribution in [0.5, 0.6) is 0 Å². The largest absolute Gasteiger partial charge is 0.295 e. The van der Waals surface area contributed by atoms with E-state index in [0.717, 1.165) is 5.56 Å². The number of aromatic amines is 2. The van der Waals surface area contributed by atoms with Crippen molar-refractivity contribution < 1.29 is 13.0 Å². The minimum atomic E-state index is -4.49. The third-order valence-electron chi connectivity index (χ3n) is 4.09. The Kier molecular flexibility index (Phi) is 4.55. The molecule has 28 heavy (non-hydrogen) atoms. The van der Waals surface area contributed by atoms with Crippen LogP contribution in [-0.4, -0.2) is 43.8 Å². The van der Waals surface area contributed by atoms with Crippen LogP contribution in [0, 0.1) is 0 Å². The van der Waals surface area contributed by atoms with E-state index in [-0.39, 0.29) is 10.5 Å². The Morgan fingerprint density at radius 3 is 1.93 bits per heavy atom. The first-order valence-electron chi connectivity index (χ1n) is 8.14. The Morgan fingerprint density at radius 2 is 1.36 bits per heavy atom. The van der Waals surface area contributed by atoms with Gasteiger partial charge in [0, 0.05) is 16.7 Å². The van der Waals surface area contributed by atoms with Gasteiger partial charge in [0.1, 0.15) is 16.3 Å². The van der Waals surface area contributed by atoms with Gasteiger partial charge in [-0.05, 0) is 11.6 Å². The molecule has 0 aliphatic carbocycles. The second kappa shape index (κ2) is 7.18. The molecular formula is C18H14N6O3S. The second-order valence-corrected chi connectivity index (χ2v) is 7.19. The van der Waals surface area contributed by atoms with Crippen molar-refractivity contribution in [1.29, 1.82) is 0 Å². The van der Waals surface area contributed by atoms with Crippen molar-refractivity contribution in [3.05, 3.63) is 89.5 Å². The summed E-state index contributed by atoms with van der Waals surface area (Å²) in [7, 11) is -4.49. The number of nitrogens with zero attached hydrogens (tertiary/aromatic N) is 4. The lowest BCUT2D eigenvalue weighted by Gasteiger charge is -2.15. The van der Waals surface area contributed by atoms with Gasteiger partial charge >= 0.3 is 0 Å². The van der Waals surface area contributed by atoms with E-state index in [2.05, 4.69) is 30.8 Å². The standard InChI is InChI=1S/C18H14N6O3S/c25-28(26,27)16-9-5-4-8-13(16)18(15-11-20-24-22-15)17(14-10-19-23-21-14)12-6-2-1-3-7-12/h1-11H,(H,19,21,23)(H,20,22,24)(H,25,26,27). The molecule has 10 heteroatoms. The van der Waals surface area contributed by atoms with Gasteiger partial charge in [0.2, 0.25) is 0 Å². The molecule has 0 aliphatic rings. The monoisotopic (exact) mass is 394 g/mol. The first-order chi connectivity index (χ1) is 13.6. The van der Waals surface area contributed by atoms with Crippen LogP contribution in [0.4, 0.5) is 0 Å². The van der Waals surface area contributed by atoms with Crippen molar-refractivity contribution in [2.45, 2.75) is 4.90 Å². The van der Waals surface area contributed by atoms with Gasteiger partial charge in [-0.15, -0.1) is 0 Å². The van der Waals surface area contributed by atoms with E-state index >= 15 is 0 Å². The molecule has 3 N–H and O–H groups in total. The van der Waals surface area contributed by atoms with Crippen molar-refractivity contribution in [2.24, 2.45) is 0 Å². The third kappa shape index (κ3) is 3.33. The Hall–Kier alpha value is -3.63. The Morgan fingerprint density at radius 1 is 0.786 bits per heavy atom. The predicted molar refractivity (Wildman–Crippen MR) is 100 cm³/mol. The van der Waals surface area contributed by atoms with Crippen molar-refractivity contribution in [3.8, 4) is 0 Å². The maximum atomic E-state index is 12.0. The molecule has 0 unspecified atom stereocenters. The van der Waals surface area contributed by atoms with Crippen molar-refractivity contribution in [1.82, 2.24) is 30.8 Å². The lowest BCUT2D eigenvalue weighted by molar-refractivity contribution is 0.483. The van der Waals surface area contributed by atoms with Crippen LogP contribution in [0.1, 0.15) is 22.5 Å². The average molecular weight is 394 g/mol. The number of benzene rings is 2. The molecule has 0 atom stereocenters. The van der Waals surface area contributed by atoms with E-state index in [1.165, 1.54) is 24.5 Å². The van der Waals surface area contributed by atoms with Gasteiger partial charge in [-0.25, -0.2) is 0 Å². The molecule has 0 amide bonds. The Labute approximate surface area is 159 Å². The summed E-state index contributed by atoms with van der Waals surface area (Å²) < 4.78 is 33.8. The predicted octanol–water partition coefficient (Wildman–Crippen LogP) is 2.18. The molecule has 9 nitrogen and oxygen atoms in total. The highest BCUT2D eigenvalue weighted by atomic mass is 32.2. The zero-order chi connectivity index (χ0) is 19.6. The summed E-state index contributed by atoms with van der Waals surface area (Å²) in [6.45, 7) is 0. The summed E-state index contributed by atoms with van der Waals surface area (Å²) in [4.78, 5) is -0.245. The summed E-state index contributed by atoms with van der Waals surface area (Å²) in [6.07, 6.45) is 3.00. The van der Waals surface area contributed by atoms with Crippen LogP contribution in [0.15, 0.2) is 71.9 Å². The highest BCUT2D eigenvalue weighted by Gasteiger charge is 2.25. The molecule has 4 aromatic rings. The first-order valence-corrected chi connectivity index (χ1v) is 9.58. The zero-order valence-corrected chi connectivity index (χ0v) is 15.1. The fourth-order valence-corrected chi connectivity index (χ4v) is 3.67. The quantitative estimate of drug-likeness (QED) is 0.348. The third-order valence-corrected chi connectivity index (χ3v) is 5.00. The molecule has 2 aromatic heterocycles. The lowest BCUT2D eigenvalue weighted by Crippen LogP contribution is -2.06. The van der Waals surface area contributed by atoms with Crippen LogP contribution >= 0.6 is 0 Å². The summed E-state index contributed by atoms with van der Waals surface area (Å²) in [5.74, 6) is 0. The number of aromatic nitrogens is 6. The molecule has 0 fully saturated rings. The van der Waals surface area contributed by atoms with Crippen LogP contribution in [0.3, 0.4) is 0 Å². The molecule has 140 valence electrons. The number of H-pyrrole nitrogens is 2. The first kappa shape index (κ1) is 17.8. The summed E-state index contributed by atoms with van der Waals surface area (Å²) >= 11 is 0. The number of nitrogens with one attached hydrogen (secondary N) is 2. The maximum absolute atomic E-state index is 12.0. The van der Waals surface area contributed by atoms with Gasteiger partial charge in [0.25, 0.3) is 10.1 Å². The minimum absolute atomic E-state index is 0.245. The Balaban J connectivity index is 2.15. The van der Waals surface area contributed by atoms with E-state index < -0.39 is 10.1 Å². The molecule has 0 saturated carbocycles. The van der Waals surface area contributed by atoms with Crippen molar-refractivity contribution in [3.63, 3.8) is 0 Å². The van der Waals surface area contributed by atoms with Crippen molar-refractivity contribution in [2.75, 3.05) is 0 Å². The lowest BCUT2D eigenvalue weighted by atomic mass is 9.91. The summed E-state index contributed by atoms with van der Waals surface area (Å²) in [5.41, 5.74) is 2.91. The fourth-order valence-electron chi connectivity index (χ4n) is 2.97.